The van der Waals surface area contributed by atoms with Gasteiger partial charge in [0.05, 0.1) is 31.1 Å². The molecule has 1 amide bonds. The molecule has 0 spiro atoms. The first kappa shape index (κ1) is 19.6. The van der Waals surface area contributed by atoms with Crippen molar-refractivity contribution < 1.29 is 14.6 Å². The van der Waals surface area contributed by atoms with Gasteiger partial charge in [0.2, 0.25) is 0 Å². The van der Waals surface area contributed by atoms with Gasteiger partial charge in [0.1, 0.15) is 17.0 Å². The van der Waals surface area contributed by atoms with Gasteiger partial charge in [-0.1, -0.05) is 12.1 Å². The topological polar surface area (TPSA) is 107 Å². The predicted molar refractivity (Wildman–Crippen MR) is 111 cm³/mol. The van der Waals surface area contributed by atoms with E-state index in [1.165, 1.54) is 10.7 Å². The van der Waals surface area contributed by atoms with E-state index in [1.54, 1.807) is 50.3 Å². The molecule has 0 radical (unpaired) electrons. The summed E-state index contributed by atoms with van der Waals surface area (Å²) in [5.74, 6) is 0.266. The quantitative estimate of drug-likeness (QED) is 0.510. The SMILES string of the molecule is COc1ccccc1-c1nn(CC(C)(C)O)cc1NC(=O)c1cnn2cccnc12. The molecule has 0 unspecified atom stereocenters. The highest BCUT2D eigenvalue weighted by atomic mass is 16.5. The summed E-state index contributed by atoms with van der Waals surface area (Å²) in [4.78, 5) is 17.2. The van der Waals surface area contributed by atoms with Gasteiger partial charge in [-0.15, -0.1) is 0 Å². The number of methoxy groups -OCH3 is 1. The Kier molecular flexibility index (Phi) is 4.96. The molecule has 9 heteroatoms. The van der Waals surface area contributed by atoms with E-state index in [0.717, 1.165) is 5.56 Å². The molecule has 3 heterocycles. The summed E-state index contributed by atoms with van der Waals surface area (Å²) in [7, 11) is 1.58. The van der Waals surface area contributed by atoms with E-state index in [9.17, 15) is 9.90 Å². The molecular weight excluding hydrogens is 384 g/mol. The molecule has 1 aromatic carbocycles. The summed E-state index contributed by atoms with van der Waals surface area (Å²) in [5, 5.41) is 21.9. The minimum atomic E-state index is -0.975. The van der Waals surface area contributed by atoms with Gasteiger partial charge in [0.25, 0.3) is 5.91 Å². The van der Waals surface area contributed by atoms with Crippen LogP contribution in [-0.2, 0) is 6.54 Å². The third-order valence-electron chi connectivity index (χ3n) is 4.44. The number of ether oxygens (including phenoxy) is 1. The van der Waals surface area contributed by atoms with E-state index in [-0.39, 0.29) is 12.5 Å². The van der Waals surface area contributed by atoms with Crippen LogP contribution in [-0.4, -0.2) is 48.1 Å². The summed E-state index contributed by atoms with van der Waals surface area (Å²) < 4.78 is 8.60. The fraction of sp³-hybridized carbons (Fsp3) is 0.238. The summed E-state index contributed by atoms with van der Waals surface area (Å²) in [6.07, 6.45) is 6.49. The van der Waals surface area contributed by atoms with E-state index >= 15 is 0 Å². The lowest BCUT2D eigenvalue weighted by Gasteiger charge is -2.16. The first-order chi connectivity index (χ1) is 14.4. The van der Waals surface area contributed by atoms with Crippen LogP contribution < -0.4 is 10.1 Å². The number of fused-ring (bicyclic) bond motifs is 1. The van der Waals surface area contributed by atoms with Crippen LogP contribution >= 0.6 is 0 Å². The van der Waals surface area contributed by atoms with Crippen molar-refractivity contribution in [3.63, 3.8) is 0 Å². The van der Waals surface area contributed by atoms with Crippen LogP contribution in [0.4, 0.5) is 5.69 Å². The van der Waals surface area contributed by atoms with E-state index in [0.29, 0.717) is 28.3 Å². The van der Waals surface area contributed by atoms with Crippen LogP contribution in [0, 0.1) is 0 Å². The molecular formula is C21H22N6O3. The Balaban J connectivity index is 1.75. The zero-order valence-corrected chi connectivity index (χ0v) is 16.9. The fourth-order valence-corrected chi connectivity index (χ4v) is 3.21. The van der Waals surface area contributed by atoms with Gasteiger partial charge in [-0.2, -0.15) is 10.2 Å². The van der Waals surface area contributed by atoms with Crippen LogP contribution in [0.3, 0.4) is 0 Å². The number of benzene rings is 1. The number of nitrogens with one attached hydrogen (secondary N) is 1. The van der Waals surface area contributed by atoms with Gasteiger partial charge in [0, 0.05) is 24.2 Å². The van der Waals surface area contributed by atoms with E-state index < -0.39 is 5.60 Å². The Labute approximate surface area is 172 Å². The maximum Gasteiger partial charge on any atom is 0.261 e. The second-order valence-electron chi connectivity index (χ2n) is 7.50. The molecule has 9 nitrogen and oxygen atoms in total. The number of rotatable bonds is 6. The highest BCUT2D eigenvalue weighted by Crippen LogP contribution is 2.34. The second kappa shape index (κ2) is 7.60. The minimum Gasteiger partial charge on any atom is -0.496 e. The van der Waals surface area contributed by atoms with Crippen molar-refractivity contribution in [3.05, 3.63) is 60.7 Å². The molecule has 0 saturated carbocycles. The largest absolute Gasteiger partial charge is 0.496 e. The van der Waals surface area contributed by atoms with E-state index in [1.807, 2.05) is 24.3 Å². The van der Waals surface area contributed by atoms with Crippen molar-refractivity contribution in [3.8, 4) is 17.0 Å². The second-order valence-corrected chi connectivity index (χ2v) is 7.50. The van der Waals surface area contributed by atoms with Crippen molar-refractivity contribution in [1.29, 1.82) is 0 Å². The number of carbonyl (C=O) groups excluding carboxylic acids is 1. The number of hydrogen-bond acceptors (Lipinski definition) is 6. The Morgan fingerprint density at radius 1 is 1.27 bits per heavy atom. The number of aliphatic hydroxyl groups is 1. The van der Waals surface area contributed by atoms with Gasteiger partial charge in [0.15, 0.2) is 5.65 Å². The van der Waals surface area contributed by atoms with Crippen LogP contribution in [0.25, 0.3) is 16.9 Å². The summed E-state index contributed by atoms with van der Waals surface area (Å²) in [6.45, 7) is 3.64. The third kappa shape index (κ3) is 3.87. The van der Waals surface area contributed by atoms with Crippen molar-refractivity contribution in [2.75, 3.05) is 12.4 Å². The Hall–Kier alpha value is -3.72. The molecule has 30 heavy (non-hydrogen) atoms. The average Bonchev–Trinajstić information content (AvgIpc) is 3.30. The van der Waals surface area contributed by atoms with Crippen molar-refractivity contribution in [2.24, 2.45) is 0 Å². The molecule has 0 aliphatic heterocycles. The molecule has 2 N–H and O–H groups in total. The molecule has 0 aliphatic carbocycles. The molecule has 0 fully saturated rings. The van der Waals surface area contributed by atoms with Crippen LogP contribution in [0.2, 0.25) is 0 Å². The maximum atomic E-state index is 13.0. The molecule has 3 aromatic heterocycles. The summed E-state index contributed by atoms with van der Waals surface area (Å²) in [6, 6.07) is 9.15. The monoisotopic (exact) mass is 406 g/mol. The summed E-state index contributed by atoms with van der Waals surface area (Å²) >= 11 is 0. The van der Waals surface area contributed by atoms with Gasteiger partial charge >= 0.3 is 0 Å². The molecule has 4 rings (SSSR count). The van der Waals surface area contributed by atoms with E-state index in [4.69, 9.17) is 4.74 Å². The van der Waals surface area contributed by atoms with Crippen molar-refractivity contribution >= 4 is 17.2 Å². The van der Waals surface area contributed by atoms with Crippen LogP contribution in [0.1, 0.15) is 24.2 Å². The predicted octanol–water partition coefficient (Wildman–Crippen LogP) is 2.62. The van der Waals surface area contributed by atoms with Crippen LogP contribution in [0.5, 0.6) is 5.75 Å². The molecule has 0 atom stereocenters. The highest BCUT2D eigenvalue weighted by Gasteiger charge is 2.22. The third-order valence-corrected chi connectivity index (χ3v) is 4.44. The van der Waals surface area contributed by atoms with Crippen LogP contribution in [0.15, 0.2) is 55.1 Å². The molecule has 154 valence electrons. The number of nitrogens with zero attached hydrogens (tertiary/aromatic N) is 5. The normalized spacial score (nSPS) is 11.6. The Morgan fingerprint density at radius 2 is 2.07 bits per heavy atom. The summed E-state index contributed by atoms with van der Waals surface area (Å²) in [5.41, 5.74) is 1.58. The van der Waals surface area contributed by atoms with Gasteiger partial charge in [-0.05, 0) is 32.0 Å². The first-order valence-corrected chi connectivity index (χ1v) is 9.38. The van der Waals surface area contributed by atoms with Gasteiger partial charge < -0.3 is 15.2 Å². The molecule has 0 saturated heterocycles. The average molecular weight is 406 g/mol. The number of carbonyl (C=O) groups is 1. The zero-order valence-electron chi connectivity index (χ0n) is 16.9. The number of aromatic nitrogens is 5. The van der Waals surface area contributed by atoms with Gasteiger partial charge in [-0.25, -0.2) is 9.50 Å². The Morgan fingerprint density at radius 3 is 2.83 bits per heavy atom. The minimum absolute atomic E-state index is 0.253. The zero-order chi connectivity index (χ0) is 21.3. The number of hydrogen-bond donors (Lipinski definition) is 2. The molecule has 4 aromatic rings. The number of anilines is 1. The number of para-hydroxylation sites is 1. The fourth-order valence-electron chi connectivity index (χ4n) is 3.21. The lowest BCUT2D eigenvalue weighted by Crippen LogP contribution is -2.26. The maximum absolute atomic E-state index is 13.0. The first-order valence-electron chi connectivity index (χ1n) is 9.38. The lowest BCUT2D eigenvalue weighted by atomic mass is 10.1. The Bertz CT molecular complexity index is 1200. The smallest absolute Gasteiger partial charge is 0.261 e. The number of amides is 1. The van der Waals surface area contributed by atoms with E-state index in [2.05, 4.69) is 20.5 Å². The lowest BCUT2D eigenvalue weighted by molar-refractivity contribution is 0.0578. The van der Waals surface area contributed by atoms with Gasteiger partial charge in [-0.3, -0.25) is 9.48 Å². The molecule has 0 aliphatic rings. The highest BCUT2D eigenvalue weighted by molar-refractivity contribution is 6.09. The molecule has 0 bridgehead atoms. The van der Waals surface area contributed by atoms with Crippen molar-refractivity contribution in [2.45, 2.75) is 26.0 Å². The standard InChI is InChI=1S/C21H22N6O3/c1-21(2,29)13-26-12-16(18(25-26)14-7-4-5-8-17(14)30-3)24-20(28)15-11-23-27-10-6-9-22-19(15)27/h4-12,29H,13H2,1-3H3,(H,24,28). The van der Waals surface area contributed by atoms with Crippen molar-refractivity contribution in [1.82, 2.24) is 24.4 Å².